The van der Waals surface area contributed by atoms with Crippen molar-refractivity contribution in [2.24, 2.45) is 0 Å². The van der Waals surface area contributed by atoms with E-state index in [9.17, 15) is 0 Å². The van der Waals surface area contributed by atoms with E-state index in [0.717, 1.165) is 47.2 Å². The van der Waals surface area contributed by atoms with Gasteiger partial charge in [0.1, 0.15) is 0 Å². The molecule has 0 saturated heterocycles. The first-order valence-electron chi connectivity index (χ1n) is 25.2. The van der Waals surface area contributed by atoms with Crippen LogP contribution in [0.3, 0.4) is 0 Å². The SMILES string of the molecule is CC1(C)CCC(C)(C)c2cc(N3c4cc5c(cc4B4c6c(cc7c(sc8ccccc87)c63)-c3cc6c(cc3N4c3ccc(-c4ccccc4)cc3)C(C)(C)c3ccccc3-6)Oc3ccccc3O5)ccc21. The monoisotopic (exact) mass is 934 g/mol. The summed E-state index contributed by atoms with van der Waals surface area (Å²) >= 11 is 1.91. The summed E-state index contributed by atoms with van der Waals surface area (Å²) in [6, 6.07) is 65.7. The van der Waals surface area contributed by atoms with Gasteiger partial charge in [-0.25, -0.2) is 0 Å². The molecule has 0 unspecified atom stereocenters. The number of thiophene rings is 1. The van der Waals surface area contributed by atoms with E-state index in [-0.39, 0.29) is 23.1 Å². The topological polar surface area (TPSA) is 24.9 Å². The lowest BCUT2D eigenvalue weighted by atomic mass is 9.43. The molecule has 0 saturated carbocycles. The van der Waals surface area contributed by atoms with Crippen LogP contribution in [0.2, 0.25) is 0 Å². The Labute approximate surface area is 419 Å². The zero-order chi connectivity index (χ0) is 47.7. The van der Waals surface area contributed by atoms with Crippen LogP contribution in [0.25, 0.3) is 53.6 Å². The molecule has 0 radical (unpaired) electrons. The van der Waals surface area contributed by atoms with Gasteiger partial charge in [0.2, 0.25) is 0 Å². The van der Waals surface area contributed by atoms with Crippen molar-refractivity contribution in [1.82, 2.24) is 0 Å². The van der Waals surface area contributed by atoms with E-state index < -0.39 is 0 Å². The molecule has 5 aliphatic rings. The Bertz CT molecular complexity index is 3940. The van der Waals surface area contributed by atoms with Gasteiger partial charge in [-0.15, -0.1) is 11.3 Å². The second kappa shape index (κ2) is 14.3. The highest BCUT2D eigenvalue weighted by Crippen LogP contribution is 2.58. The quantitative estimate of drug-likeness (QED) is 0.165. The van der Waals surface area contributed by atoms with Gasteiger partial charge in [-0.1, -0.05) is 145 Å². The maximum Gasteiger partial charge on any atom is 0.333 e. The number of para-hydroxylation sites is 2. The third-order valence-electron chi connectivity index (χ3n) is 17.0. The number of hydrogen-bond acceptors (Lipinski definition) is 5. The molecule has 10 aromatic rings. The van der Waals surface area contributed by atoms with Gasteiger partial charge in [0.05, 0.1) is 10.4 Å². The summed E-state index contributed by atoms with van der Waals surface area (Å²) in [5.74, 6) is 2.88. The van der Waals surface area contributed by atoms with Gasteiger partial charge in [-0.05, 0) is 151 Å². The van der Waals surface area contributed by atoms with E-state index in [1.807, 2.05) is 35.6 Å². The van der Waals surface area contributed by atoms with Crippen LogP contribution in [-0.4, -0.2) is 6.85 Å². The summed E-state index contributed by atoms with van der Waals surface area (Å²) in [6.07, 6.45) is 2.29. The summed E-state index contributed by atoms with van der Waals surface area (Å²) in [4.78, 5) is 5.27. The van der Waals surface area contributed by atoms with Crippen LogP contribution in [0.15, 0.2) is 176 Å². The van der Waals surface area contributed by atoms with Crippen LogP contribution >= 0.6 is 11.3 Å². The van der Waals surface area contributed by atoms with E-state index in [2.05, 4.69) is 203 Å². The predicted molar refractivity (Wildman–Crippen MR) is 298 cm³/mol. The Morgan fingerprint density at radius 3 is 1.92 bits per heavy atom. The largest absolute Gasteiger partial charge is 0.450 e. The first-order valence-corrected chi connectivity index (χ1v) is 26.0. The van der Waals surface area contributed by atoms with Crippen LogP contribution in [0, 0.1) is 0 Å². The number of ether oxygens (including phenoxy) is 2. The molecule has 0 N–H and O–H groups in total. The van der Waals surface area contributed by atoms with E-state index in [1.54, 1.807) is 0 Å². The zero-order valence-electron chi connectivity index (χ0n) is 40.9. The molecule has 15 rings (SSSR count). The van der Waals surface area contributed by atoms with Gasteiger partial charge in [0.25, 0.3) is 0 Å². The number of fused-ring (bicyclic) bond motifs is 14. The summed E-state index contributed by atoms with van der Waals surface area (Å²) < 4.78 is 16.3. The molecule has 9 aromatic carbocycles. The van der Waals surface area contributed by atoms with Crippen molar-refractivity contribution < 1.29 is 9.47 Å². The second-order valence-electron chi connectivity index (χ2n) is 22.3. The molecular weight excluding hydrogens is 884 g/mol. The van der Waals surface area contributed by atoms with Crippen LogP contribution in [0.4, 0.5) is 28.4 Å². The molecule has 4 nitrogen and oxygen atoms in total. The van der Waals surface area contributed by atoms with Crippen molar-refractivity contribution in [2.45, 2.75) is 70.6 Å². The number of anilines is 5. The molecule has 1 aromatic heterocycles. The average Bonchev–Trinajstić information content (AvgIpc) is 3.88. The highest BCUT2D eigenvalue weighted by molar-refractivity contribution is 7.26. The molecule has 0 atom stereocenters. The highest BCUT2D eigenvalue weighted by Gasteiger charge is 2.49. The van der Waals surface area contributed by atoms with Crippen molar-refractivity contribution in [3.63, 3.8) is 0 Å². The van der Waals surface area contributed by atoms with Crippen molar-refractivity contribution in [3.8, 4) is 56.4 Å². The Kier molecular flexibility index (Phi) is 8.31. The minimum Gasteiger partial charge on any atom is -0.450 e. The van der Waals surface area contributed by atoms with Crippen molar-refractivity contribution in [2.75, 3.05) is 9.71 Å². The number of benzene rings is 9. The standard InChI is InChI=1S/C65H51BN2O2S/c1-63(2)30-31-64(3,4)51-32-41(28-29-49(51)63)67-54-37-58-57(69-55-21-13-14-22-56(55)70-58)36-52(54)66-60-46(34-47-43-19-11-15-23-59(43)71-62(47)61(60)67)45-33-44-42-18-10-12-20-48(42)65(5,6)50(44)35-53(45)68(66)40-26-24-39(25-27-40)38-16-8-7-9-17-38/h7-29,32-37H,30-31H2,1-6H3. The molecule has 4 heterocycles. The predicted octanol–water partition coefficient (Wildman–Crippen LogP) is 17.0. The fourth-order valence-corrected chi connectivity index (χ4v) is 14.4. The van der Waals surface area contributed by atoms with Gasteiger partial charge < -0.3 is 19.2 Å². The third kappa shape index (κ3) is 5.74. The zero-order valence-corrected chi connectivity index (χ0v) is 41.7. The summed E-state index contributed by atoms with van der Waals surface area (Å²) in [5.41, 5.74) is 21.3. The third-order valence-corrected chi connectivity index (χ3v) is 18.1. The first-order chi connectivity index (χ1) is 34.4. The van der Waals surface area contributed by atoms with Crippen LogP contribution in [0.5, 0.6) is 23.0 Å². The lowest BCUT2D eigenvalue weighted by Crippen LogP contribution is -2.61. The van der Waals surface area contributed by atoms with Crippen molar-refractivity contribution >= 4 is 77.7 Å². The summed E-state index contributed by atoms with van der Waals surface area (Å²) in [6.45, 7) is 14.3. The van der Waals surface area contributed by atoms with Crippen LogP contribution in [0.1, 0.15) is 76.6 Å². The molecular formula is C65H51BN2O2S. The van der Waals surface area contributed by atoms with Gasteiger partial charge in [0.15, 0.2) is 23.0 Å². The van der Waals surface area contributed by atoms with Crippen molar-refractivity contribution in [3.05, 3.63) is 198 Å². The smallest absolute Gasteiger partial charge is 0.333 e. The molecule has 0 fully saturated rings. The lowest BCUT2D eigenvalue weighted by Gasteiger charge is -2.47. The molecule has 6 heteroatoms. The maximum atomic E-state index is 6.89. The van der Waals surface area contributed by atoms with E-state index in [4.69, 9.17) is 9.47 Å². The molecule has 342 valence electrons. The van der Waals surface area contributed by atoms with Crippen LogP contribution in [-0.2, 0) is 16.2 Å². The van der Waals surface area contributed by atoms with Gasteiger partial charge in [-0.3, -0.25) is 0 Å². The Hall–Kier alpha value is -7.54. The van der Waals surface area contributed by atoms with E-state index in [1.165, 1.54) is 98.1 Å². The Morgan fingerprint density at radius 2 is 1.13 bits per heavy atom. The summed E-state index contributed by atoms with van der Waals surface area (Å²) in [5, 5.41) is 2.57. The Balaban J connectivity index is 1.09. The fraction of sp³-hybridized carbons (Fsp3) is 0.169. The number of nitrogens with zero attached hydrogens (tertiary/aromatic N) is 2. The Morgan fingerprint density at radius 1 is 0.465 bits per heavy atom. The van der Waals surface area contributed by atoms with Gasteiger partial charge in [-0.2, -0.15) is 0 Å². The van der Waals surface area contributed by atoms with E-state index in [0.29, 0.717) is 5.75 Å². The minimum absolute atomic E-state index is 0.00761. The average molecular weight is 935 g/mol. The molecule has 71 heavy (non-hydrogen) atoms. The highest BCUT2D eigenvalue weighted by atomic mass is 32.1. The first kappa shape index (κ1) is 41.3. The molecule has 0 spiro atoms. The minimum atomic E-state index is -0.236. The number of rotatable bonds is 3. The fourth-order valence-electron chi connectivity index (χ4n) is 13.1. The van der Waals surface area contributed by atoms with Crippen molar-refractivity contribution in [1.29, 1.82) is 0 Å². The van der Waals surface area contributed by atoms with Gasteiger partial charge in [0, 0.05) is 55.3 Å². The normalized spacial score (nSPS) is 16.7. The maximum absolute atomic E-state index is 6.89. The summed E-state index contributed by atoms with van der Waals surface area (Å²) in [7, 11) is 0. The number of hydrogen-bond donors (Lipinski definition) is 0. The second-order valence-corrected chi connectivity index (χ2v) is 23.3. The molecule has 2 aliphatic carbocycles. The molecule has 3 aliphatic heterocycles. The molecule has 0 amide bonds. The van der Waals surface area contributed by atoms with Crippen LogP contribution < -0.4 is 30.1 Å². The van der Waals surface area contributed by atoms with E-state index >= 15 is 0 Å². The molecule has 0 bridgehead atoms. The lowest BCUT2D eigenvalue weighted by molar-refractivity contribution is 0.332. The van der Waals surface area contributed by atoms with Gasteiger partial charge >= 0.3 is 6.85 Å².